The number of nitrogens with one attached hydrogen (secondary N) is 11. The summed E-state index contributed by atoms with van der Waals surface area (Å²) in [7, 11) is 0. The third-order valence-corrected chi connectivity index (χ3v) is 22.1. The summed E-state index contributed by atoms with van der Waals surface area (Å²) < 4.78 is 11.6. The van der Waals surface area contributed by atoms with E-state index in [1.165, 1.54) is 49.9 Å². The van der Waals surface area contributed by atoms with Gasteiger partial charge in [0.2, 0.25) is 82.6 Å². The average Bonchev–Trinajstić information content (AvgIpc) is 1.67. The number of phenols is 1. The number of halogens is 1. The van der Waals surface area contributed by atoms with E-state index in [1.807, 2.05) is 6.07 Å². The van der Waals surface area contributed by atoms with Crippen molar-refractivity contribution in [3.05, 3.63) is 65.7 Å². The van der Waals surface area contributed by atoms with Crippen LogP contribution in [-0.4, -0.2) is 305 Å². The molecule has 0 radical (unpaired) electrons. The Kier molecular flexibility index (Phi) is 43.6. The van der Waals surface area contributed by atoms with Crippen molar-refractivity contribution in [3.8, 4) is 5.75 Å². The van der Waals surface area contributed by atoms with Crippen molar-refractivity contribution in [1.82, 2.24) is 67.9 Å². The van der Waals surface area contributed by atoms with E-state index >= 15 is 0 Å². The molecule has 2 aromatic carbocycles. The lowest BCUT2D eigenvalue weighted by Gasteiger charge is -2.35. The maximum Gasteiger partial charge on any atom is 0.410 e. The first kappa shape index (κ1) is 105. The summed E-state index contributed by atoms with van der Waals surface area (Å²) in [5.74, 6) is -17.5. The number of nitrogens with zero attached hydrogens (tertiary/aromatic N) is 3. The first-order valence-corrected chi connectivity index (χ1v) is 42.6. The molecule has 6 rings (SSSR count). The first-order valence-electron chi connectivity index (χ1n) is 42.6. The van der Waals surface area contributed by atoms with Crippen LogP contribution in [0.4, 0.5) is 4.79 Å². The molecule has 4 aliphatic rings. The average molecular weight is 1790 g/mol. The molecular weight excluding hydrogens is 1660 g/mol. The second-order valence-electron chi connectivity index (χ2n) is 32.9. The molecule has 0 unspecified atom stereocenters. The fourth-order valence-electron chi connectivity index (χ4n) is 14.8. The Balaban J connectivity index is 0.0000277. The number of nitrogens with two attached hydrogens (primary N) is 2. The van der Waals surface area contributed by atoms with Crippen LogP contribution in [0.25, 0.3) is 0 Å². The number of primary amides is 1. The van der Waals surface area contributed by atoms with Gasteiger partial charge in [-0.15, -0.1) is 0 Å². The van der Waals surface area contributed by atoms with E-state index in [0.717, 1.165) is 95.9 Å². The lowest BCUT2D eigenvalue weighted by atomic mass is 9.99. The van der Waals surface area contributed by atoms with Crippen LogP contribution in [0.15, 0.2) is 54.6 Å². The minimum Gasteiger partial charge on any atom is -1.00 e. The van der Waals surface area contributed by atoms with Crippen LogP contribution in [0.3, 0.4) is 0 Å². The fraction of sp³-hybridized carbons (Fsp3) is 0.663. The van der Waals surface area contributed by atoms with Gasteiger partial charge in [0, 0.05) is 39.0 Å². The summed E-state index contributed by atoms with van der Waals surface area (Å²) in [6.45, 7) is 9.07. The molecule has 2 aromatic rings. The van der Waals surface area contributed by atoms with Gasteiger partial charge in [0.25, 0.3) is 0 Å². The van der Waals surface area contributed by atoms with Crippen LogP contribution in [0.2, 0.25) is 0 Å². The smallest absolute Gasteiger partial charge is 0.410 e. The van der Waals surface area contributed by atoms with E-state index < -0.39 is 249 Å². The van der Waals surface area contributed by atoms with Gasteiger partial charge >= 0.3 is 12.1 Å². The molecule has 0 saturated carbocycles. The van der Waals surface area contributed by atoms with E-state index in [1.54, 1.807) is 24.3 Å². The van der Waals surface area contributed by atoms with E-state index in [9.17, 15) is 113 Å². The number of aliphatic hydroxyl groups is 7. The third kappa shape index (κ3) is 33.1. The molecule has 0 spiro atoms. The quantitative estimate of drug-likeness (QED) is 0.0156. The third-order valence-electron chi connectivity index (χ3n) is 22.1. The van der Waals surface area contributed by atoms with Crippen molar-refractivity contribution >= 4 is 94.7 Å². The SMILES string of the molecule is CCCCCCCCCCCCC[C@@H]1CC(=O)N[C@H]([C@@H](C)O)C(=O)N[C@H](C)C(=O)N[C@@H](Cc2ccc(O)cc2)C(=O)N[C@@H](C(C)C)C(=O)N2C[C@H](O)C[C@H]2C(=O)N[C@@H]([C@@H](C)O)C(=O)N[C@H]([C@@H](C)O)C(=O)N2CC[C@H](O)[C@H]2C(=O)N[C@@H]([C@H](O)CC(N)=O)C(=O)NCC(=O)N[C@H]([C@@H](C)O)C(=O)N[C@@H](CCC[NH+]=C(N)C2CN(C(=O)OCc3ccccc3)C2)C(=O)O1.[Cl-]. The molecule has 19 atom stereocenters. The predicted octanol–water partition coefficient (Wildman–Crippen LogP) is -8.72. The summed E-state index contributed by atoms with van der Waals surface area (Å²) >= 11 is 0. The zero-order valence-electron chi connectivity index (χ0n) is 72.1. The molecule has 4 fully saturated rings. The summed E-state index contributed by atoms with van der Waals surface area (Å²) in [6.07, 6.45) is -7.40. The van der Waals surface area contributed by atoms with Gasteiger partial charge in [0.1, 0.15) is 84.9 Å². The van der Waals surface area contributed by atoms with Crippen molar-refractivity contribution in [2.45, 2.75) is 299 Å². The molecule has 125 heavy (non-hydrogen) atoms. The van der Waals surface area contributed by atoms with Gasteiger partial charge in [0.15, 0.2) is 0 Å². The molecule has 0 aliphatic carbocycles. The number of carbonyl (C=O) groups is 15. The van der Waals surface area contributed by atoms with E-state index in [4.69, 9.17) is 20.9 Å². The van der Waals surface area contributed by atoms with Crippen molar-refractivity contribution in [3.63, 3.8) is 0 Å². The van der Waals surface area contributed by atoms with Crippen molar-refractivity contribution in [2.24, 2.45) is 23.3 Å². The van der Waals surface area contributed by atoms with Gasteiger partial charge in [-0.3, -0.25) is 73.1 Å². The zero-order chi connectivity index (χ0) is 91.8. The number of cyclic esters (lactones) is 1. The van der Waals surface area contributed by atoms with Crippen molar-refractivity contribution in [1.29, 1.82) is 0 Å². The molecule has 14 amide bonds. The standard InChI is InChI=1S/C83H128N16O25.ClH/c1-9-10-11-12-13-14-15-16-17-18-22-26-55-37-62(109)91-65(46(5)100)76(115)88-45(4)72(111)90-57(35-50-28-30-53(104)31-29-50)73(112)93-64(44(2)3)80(119)99-42-54(105)36-58(99)74(113)94-67(48(7)102)78(117)95-68(49(8)103)81(120)98-34-32-59(106)70(98)79(118)96-69(60(107)38-61(84)108)75(114)87-39-63(110)92-66(47(6)101)77(116)89-56(82(121)124-55)27-23-33-86-71(85)52-40-97(41-52)83(122)123-43-51-24-20-19-21-25-51;/h19-21,24-25,28-31,44-49,52,54-60,64-70,100-107H,9-18,22-23,26-27,32-43H2,1-8H3,(H2,84,108)(H2,85,86)(H,87,114)(H,88,115)(H,89,116)(H,90,111)(H,91,109)(H,92,110)(H,93,112)(H,94,113)(H,95,117)(H,96,118);1H/t45-,46-,47-,48-,49-,54-,55-,56+,57+,58+,59+,60-,64+,65-,66-,67+,68-,69+,70+;/m1./s1. The van der Waals surface area contributed by atoms with Crippen LogP contribution >= 0.6 is 0 Å². The topological polar surface area (TPSA) is 632 Å². The molecule has 41 nitrogen and oxygen atoms in total. The van der Waals surface area contributed by atoms with Gasteiger partial charge in [-0.05, 0) is 95.9 Å². The Morgan fingerprint density at radius 2 is 1.08 bits per heavy atom. The summed E-state index contributed by atoms with van der Waals surface area (Å²) in [6, 6.07) is -5.70. The summed E-state index contributed by atoms with van der Waals surface area (Å²) in [5.41, 5.74) is 13.0. The van der Waals surface area contributed by atoms with Crippen molar-refractivity contribution < 1.29 is 140 Å². The molecule has 4 heterocycles. The number of hydrogen-bond acceptors (Lipinski definition) is 25. The van der Waals surface area contributed by atoms with Crippen LogP contribution in [-0.2, 0) is 89.6 Å². The number of fused-ring (bicyclic) bond motifs is 2. The highest BCUT2D eigenvalue weighted by Crippen LogP contribution is 2.26. The van der Waals surface area contributed by atoms with E-state index in [0.29, 0.717) is 23.3 Å². The minimum atomic E-state index is -2.25. The number of hydrogen-bond donors (Lipinski definition) is 21. The number of likely N-dealkylation sites (tertiary alicyclic amines) is 1. The number of aliphatic hydroxyl groups excluding tert-OH is 7. The molecule has 0 bridgehead atoms. The Hall–Kier alpha value is -10.4. The van der Waals surface area contributed by atoms with Gasteiger partial charge < -0.3 is 136 Å². The largest absolute Gasteiger partial charge is 1.00 e. The number of phenolic OH excluding ortho intramolecular Hbond substituents is 1. The molecule has 4 saturated heterocycles. The number of esters is 1. The lowest BCUT2D eigenvalue weighted by Crippen LogP contribution is -3.00. The Bertz CT molecular complexity index is 3970. The highest BCUT2D eigenvalue weighted by molar-refractivity contribution is 6.00. The fourth-order valence-corrected chi connectivity index (χ4v) is 14.8. The Morgan fingerprint density at radius 1 is 0.552 bits per heavy atom. The molecular formula is C83H129ClN16O25. The molecule has 4 aliphatic heterocycles. The minimum absolute atomic E-state index is 0. The highest BCUT2D eigenvalue weighted by atomic mass is 35.5. The lowest BCUT2D eigenvalue weighted by molar-refractivity contribution is -0.462. The van der Waals surface area contributed by atoms with E-state index in [2.05, 4.69) is 65.1 Å². The number of amides is 14. The number of benzene rings is 2. The normalized spacial score (nSPS) is 26.6. The van der Waals surface area contributed by atoms with Crippen LogP contribution in [0, 0.1) is 11.8 Å². The van der Waals surface area contributed by atoms with E-state index in [-0.39, 0.29) is 88.3 Å². The number of ether oxygens (including phenoxy) is 2. The highest BCUT2D eigenvalue weighted by Gasteiger charge is 2.49. The number of aromatic hydroxyl groups is 1. The van der Waals surface area contributed by atoms with Crippen LogP contribution in [0.5, 0.6) is 5.75 Å². The number of rotatable bonds is 29. The van der Waals surface area contributed by atoms with Gasteiger partial charge in [-0.25, -0.2) is 9.59 Å². The number of carbonyl (C=O) groups excluding carboxylic acids is 15. The number of amidine groups is 1. The number of unbranched alkanes of at least 4 members (excludes halogenated alkanes) is 10. The second kappa shape index (κ2) is 51.9. The molecule has 42 heteroatoms. The molecule has 0 aromatic heterocycles. The van der Waals surface area contributed by atoms with Crippen molar-refractivity contribution in [2.75, 3.05) is 39.3 Å². The Labute approximate surface area is 732 Å². The van der Waals surface area contributed by atoms with Crippen LogP contribution in [0.1, 0.15) is 182 Å². The second-order valence-corrected chi connectivity index (χ2v) is 32.9. The maximum atomic E-state index is 14.9. The summed E-state index contributed by atoms with van der Waals surface area (Å²) in [5, 5.41) is 112. The maximum absolute atomic E-state index is 14.9. The van der Waals surface area contributed by atoms with Gasteiger partial charge in [-0.2, -0.15) is 0 Å². The zero-order valence-corrected chi connectivity index (χ0v) is 72.9. The van der Waals surface area contributed by atoms with Crippen LogP contribution < -0.4 is 82.0 Å². The first-order chi connectivity index (χ1) is 58.7. The monoisotopic (exact) mass is 1780 g/mol. The van der Waals surface area contributed by atoms with Gasteiger partial charge in [0.05, 0.1) is 74.6 Å². The summed E-state index contributed by atoms with van der Waals surface area (Å²) in [4.78, 5) is 219. The predicted molar refractivity (Wildman–Crippen MR) is 443 cm³/mol. The van der Waals surface area contributed by atoms with Gasteiger partial charge in [-0.1, -0.05) is 127 Å². The molecule has 698 valence electrons. The molecule has 23 N–H and O–H groups in total. The Morgan fingerprint density at radius 3 is 1.66 bits per heavy atom.